The van der Waals surface area contributed by atoms with Gasteiger partial charge in [-0.1, -0.05) is 17.3 Å². The molecule has 0 unspecified atom stereocenters. The first-order chi connectivity index (χ1) is 8.34. The van der Waals surface area contributed by atoms with E-state index in [0.29, 0.717) is 0 Å². The molecule has 17 heavy (non-hydrogen) atoms. The van der Waals surface area contributed by atoms with Crippen molar-refractivity contribution in [1.29, 1.82) is 0 Å². The van der Waals surface area contributed by atoms with Crippen molar-refractivity contribution >= 4 is 17.0 Å². The van der Waals surface area contributed by atoms with Crippen LogP contribution in [0.1, 0.15) is 0 Å². The number of aromatic nitrogens is 4. The summed E-state index contributed by atoms with van der Waals surface area (Å²) in [6.45, 7) is 0. The average Bonchev–Trinajstić information content (AvgIpc) is 3.00. The highest BCUT2D eigenvalue weighted by Gasteiger charge is 2.09. The highest BCUT2D eigenvalue weighted by atomic mass is 32.1. The van der Waals surface area contributed by atoms with Gasteiger partial charge in [0.2, 0.25) is 5.13 Å². The van der Waals surface area contributed by atoms with E-state index in [1.54, 1.807) is 17.1 Å². The monoisotopic (exact) mass is 243 g/mol. The maximum Gasteiger partial charge on any atom is 0.212 e. The highest BCUT2D eigenvalue weighted by molar-refractivity contribution is 7.12. The third-order valence-electron chi connectivity index (χ3n) is 2.36. The summed E-state index contributed by atoms with van der Waals surface area (Å²) in [4.78, 5) is 4.22. The van der Waals surface area contributed by atoms with Crippen LogP contribution in [0.3, 0.4) is 0 Å². The Morgan fingerprint density at radius 1 is 1.18 bits per heavy atom. The van der Waals surface area contributed by atoms with Crippen molar-refractivity contribution in [3.05, 3.63) is 42.0 Å². The van der Waals surface area contributed by atoms with Crippen LogP contribution >= 0.6 is 11.3 Å². The minimum absolute atomic E-state index is 0.738. The van der Waals surface area contributed by atoms with Gasteiger partial charge in [0, 0.05) is 22.8 Å². The molecule has 3 rings (SSSR count). The lowest BCUT2D eigenvalue weighted by atomic mass is 10.1. The van der Waals surface area contributed by atoms with E-state index in [1.807, 2.05) is 29.6 Å². The summed E-state index contributed by atoms with van der Waals surface area (Å²) in [6.07, 6.45) is 3.46. The van der Waals surface area contributed by atoms with Crippen molar-refractivity contribution in [1.82, 2.24) is 20.0 Å². The highest BCUT2D eigenvalue weighted by Crippen LogP contribution is 2.22. The Balaban J connectivity index is 2.10. The van der Waals surface area contributed by atoms with Crippen LogP contribution in [0, 0.1) is 0 Å². The van der Waals surface area contributed by atoms with Crippen LogP contribution in [-0.4, -0.2) is 20.0 Å². The van der Waals surface area contributed by atoms with E-state index in [1.165, 1.54) is 11.3 Å². The van der Waals surface area contributed by atoms with Crippen LogP contribution in [0.2, 0.25) is 0 Å². The minimum Gasteiger partial charge on any atom is -0.399 e. The molecule has 0 spiro atoms. The summed E-state index contributed by atoms with van der Waals surface area (Å²) >= 11 is 1.52. The molecule has 0 aliphatic carbocycles. The van der Waals surface area contributed by atoms with Gasteiger partial charge in [0.15, 0.2) is 0 Å². The molecule has 0 aliphatic rings. The van der Waals surface area contributed by atoms with E-state index < -0.39 is 0 Å². The lowest BCUT2D eigenvalue weighted by molar-refractivity contribution is 0.801. The van der Waals surface area contributed by atoms with Gasteiger partial charge in [-0.15, -0.1) is 16.4 Å². The molecule has 0 saturated heterocycles. The molecule has 0 atom stereocenters. The molecule has 0 aliphatic heterocycles. The average molecular weight is 243 g/mol. The predicted molar refractivity (Wildman–Crippen MR) is 66.9 cm³/mol. The van der Waals surface area contributed by atoms with Crippen molar-refractivity contribution < 1.29 is 0 Å². The van der Waals surface area contributed by atoms with Crippen molar-refractivity contribution in [2.45, 2.75) is 0 Å². The first kappa shape index (κ1) is 9.98. The van der Waals surface area contributed by atoms with E-state index in [0.717, 1.165) is 22.1 Å². The molecule has 2 heterocycles. The number of thiazole rings is 1. The fraction of sp³-hybridized carbons (Fsp3) is 0. The molecule has 0 bridgehead atoms. The smallest absolute Gasteiger partial charge is 0.212 e. The van der Waals surface area contributed by atoms with Gasteiger partial charge in [0.1, 0.15) is 0 Å². The lowest BCUT2D eigenvalue weighted by Gasteiger charge is -2.02. The second kappa shape index (κ2) is 3.99. The summed E-state index contributed by atoms with van der Waals surface area (Å²) in [7, 11) is 0. The predicted octanol–water partition coefficient (Wildman–Crippen LogP) is 1.97. The summed E-state index contributed by atoms with van der Waals surface area (Å²) in [5.41, 5.74) is 8.32. The standard InChI is InChI=1S/C11H9N5S/c12-9-3-1-8(2-4-9)10-7-14-15-16(10)11-13-5-6-17-11/h1-7H,12H2. The normalized spacial score (nSPS) is 10.6. The Kier molecular flexibility index (Phi) is 2.34. The molecule has 2 N–H and O–H groups in total. The van der Waals surface area contributed by atoms with Gasteiger partial charge in [0.25, 0.3) is 0 Å². The first-order valence-electron chi connectivity index (χ1n) is 5.01. The van der Waals surface area contributed by atoms with Gasteiger partial charge >= 0.3 is 0 Å². The Morgan fingerprint density at radius 2 is 2.00 bits per heavy atom. The molecule has 84 valence electrons. The molecule has 0 fully saturated rings. The molecule has 0 saturated carbocycles. The van der Waals surface area contributed by atoms with Crippen molar-refractivity contribution in [3.63, 3.8) is 0 Å². The maximum absolute atomic E-state index is 5.66. The summed E-state index contributed by atoms with van der Waals surface area (Å²) in [6, 6.07) is 7.60. The van der Waals surface area contributed by atoms with Crippen LogP contribution in [0.25, 0.3) is 16.4 Å². The number of benzene rings is 1. The fourth-order valence-corrected chi connectivity index (χ4v) is 2.15. The largest absolute Gasteiger partial charge is 0.399 e. The SMILES string of the molecule is Nc1ccc(-c2cnnn2-c2nccs2)cc1. The number of anilines is 1. The van der Waals surface area contributed by atoms with Crippen LogP contribution in [0.5, 0.6) is 0 Å². The zero-order valence-corrected chi connectivity index (χ0v) is 9.63. The lowest BCUT2D eigenvalue weighted by Crippen LogP contribution is -1.98. The summed E-state index contributed by atoms with van der Waals surface area (Å²) in [5, 5.41) is 10.7. The topological polar surface area (TPSA) is 69.6 Å². The number of hydrogen-bond acceptors (Lipinski definition) is 5. The van der Waals surface area contributed by atoms with E-state index >= 15 is 0 Å². The Morgan fingerprint density at radius 3 is 2.71 bits per heavy atom. The molecule has 2 aromatic heterocycles. The Labute approximate surface area is 102 Å². The summed E-state index contributed by atoms with van der Waals surface area (Å²) in [5.74, 6) is 0. The van der Waals surface area contributed by atoms with Crippen molar-refractivity contribution in [3.8, 4) is 16.4 Å². The first-order valence-corrected chi connectivity index (χ1v) is 5.89. The molecule has 5 nitrogen and oxygen atoms in total. The quantitative estimate of drug-likeness (QED) is 0.699. The van der Waals surface area contributed by atoms with Gasteiger partial charge in [0.05, 0.1) is 11.9 Å². The van der Waals surface area contributed by atoms with Crippen LogP contribution in [-0.2, 0) is 0 Å². The molecule has 3 aromatic rings. The Bertz CT molecular complexity index is 612. The maximum atomic E-state index is 5.66. The summed E-state index contributed by atoms with van der Waals surface area (Å²) < 4.78 is 1.72. The number of nitrogens with zero attached hydrogens (tertiary/aromatic N) is 4. The zero-order chi connectivity index (χ0) is 11.7. The van der Waals surface area contributed by atoms with Gasteiger partial charge in [-0.3, -0.25) is 0 Å². The Hall–Kier alpha value is -2.21. The van der Waals surface area contributed by atoms with E-state index in [9.17, 15) is 0 Å². The molecular formula is C11H9N5S. The molecule has 1 aromatic carbocycles. The minimum atomic E-state index is 0.738. The second-order valence-electron chi connectivity index (χ2n) is 3.47. The van der Waals surface area contributed by atoms with E-state index in [4.69, 9.17) is 5.73 Å². The number of nitrogens with two attached hydrogens (primary N) is 1. The number of nitrogen functional groups attached to an aromatic ring is 1. The fourth-order valence-electron chi connectivity index (χ4n) is 1.55. The molecule has 6 heteroatoms. The van der Waals surface area contributed by atoms with Crippen molar-refractivity contribution in [2.75, 3.05) is 5.73 Å². The van der Waals surface area contributed by atoms with Gasteiger partial charge in [-0.05, 0) is 12.1 Å². The third kappa shape index (κ3) is 1.78. The third-order valence-corrected chi connectivity index (χ3v) is 3.10. The van der Waals surface area contributed by atoms with Crippen LogP contribution in [0.15, 0.2) is 42.0 Å². The van der Waals surface area contributed by atoms with E-state index in [2.05, 4.69) is 15.3 Å². The van der Waals surface area contributed by atoms with Crippen molar-refractivity contribution in [2.24, 2.45) is 0 Å². The van der Waals surface area contributed by atoms with Crippen LogP contribution in [0.4, 0.5) is 5.69 Å². The molecule has 0 radical (unpaired) electrons. The van der Waals surface area contributed by atoms with Gasteiger partial charge < -0.3 is 5.73 Å². The molecular weight excluding hydrogens is 234 g/mol. The second-order valence-corrected chi connectivity index (χ2v) is 4.34. The zero-order valence-electron chi connectivity index (χ0n) is 8.82. The van der Waals surface area contributed by atoms with Gasteiger partial charge in [-0.25, -0.2) is 4.98 Å². The van der Waals surface area contributed by atoms with Crippen LogP contribution < -0.4 is 5.73 Å². The number of rotatable bonds is 2. The number of hydrogen-bond donors (Lipinski definition) is 1. The van der Waals surface area contributed by atoms with Gasteiger partial charge in [-0.2, -0.15) is 4.68 Å². The molecule has 0 amide bonds. The van der Waals surface area contributed by atoms with E-state index in [-0.39, 0.29) is 0 Å².